The maximum Gasteiger partial charge on any atom is 0.147 e. The minimum atomic E-state index is -1.16. The number of nitrogens with zero attached hydrogens (tertiary/aromatic N) is 3. The first kappa shape index (κ1) is 22.6. The number of rotatable bonds is 6. The van der Waals surface area contributed by atoms with E-state index in [0.717, 1.165) is 48.1 Å². The molecule has 1 unspecified atom stereocenters. The Morgan fingerprint density at radius 2 is 1.53 bits per heavy atom. The van der Waals surface area contributed by atoms with Gasteiger partial charge < -0.3 is 15.1 Å². The van der Waals surface area contributed by atoms with Crippen LogP contribution < -0.4 is 15.1 Å². The first-order chi connectivity index (χ1) is 15.4. The number of halogens is 2. The highest BCUT2D eigenvalue weighted by Crippen LogP contribution is 2.31. The number of nitrogens with one attached hydrogen (secondary N) is 1. The molecule has 0 amide bonds. The van der Waals surface area contributed by atoms with Crippen molar-refractivity contribution in [3.05, 3.63) is 77.6 Å². The summed E-state index contributed by atoms with van der Waals surface area (Å²) < 4.78 is 28.2. The minimum absolute atomic E-state index is 0.285. The molecule has 5 nitrogen and oxygen atoms in total. The molecule has 0 aliphatic carbocycles. The molecule has 0 spiro atoms. The molecule has 0 radical (unpaired) electrons. The van der Waals surface area contributed by atoms with E-state index in [0.29, 0.717) is 10.7 Å². The number of anilines is 4. The van der Waals surface area contributed by atoms with Gasteiger partial charge in [-0.05, 0) is 68.7 Å². The summed E-state index contributed by atoms with van der Waals surface area (Å²) in [5, 5.41) is 3.89. The van der Waals surface area contributed by atoms with Gasteiger partial charge >= 0.3 is 0 Å². The van der Waals surface area contributed by atoms with Gasteiger partial charge in [0.25, 0.3) is 0 Å². The van der Waals surface area contributed by atoms with Crippen molar-refractivity contribution >= 4 is 45.3 Å². The van der Waals surface area contributed by atoms with Crippen molar-refractivity contribution in [1.82, 2.24) is 4.31 Å². The fourth-order valence-electron chi connectivity index (χ4n) is 3.80. The summed E-state index contributed by atoms with van der Waals surface area (Å²) in [5.41, 5.74) is 3.62. The Balaban J connectivity index is 1.45. The summed E-state index contributed by atoms with van der Waals surface area (Å²) in [5.74, 6) is -0.285. The Hall–Kier alpha value is -2.61. The quantitative estimate of drug-likeness (QED) is 0.539. The molecule has 1 N–H and O–H groups in total. The minimum Gasteiger partial charge on any atom is -0.366 e. The Labute approximate surface area is 196 Å². The summed E-state index contributed by atoms with van der Waals surface area (Å²) in [6.45, 7) is 3.00. The van der Waals surface area contributed by atoms with Crippen LogP contribution in [0.5, 0.6) is 0 Å². The Bertz CT molecular complexity index is 1100. The normalized spacial score (nSPS) is 15.2. The van der Waals surface area contributed by atoms with Crippen molar-refractivity contribution in [1.29, 1.82) is 0 Å². The highest BCUT2D eigenvalue weighted by atomic mass is 35.5. The van der Waals surface area contributed by atoms with E-state index in [9.17, 15) is 8.60 Å². The van der Waals surface area contributed by atoms with Crippen LogP contribution in [0.1, 0.15) is 0 Å². The fourth-order valence-corrected chi connectivity index (χ4v) is 4.75. The predicted molar refractivity (Wildman–Crippen MR) is 132 cm³/mol. The molecule has 4 rings (SSSR count). The first-order valence-electron chi connectivity index (χ1n) is 10.4. The molecule has 168 valence electrons. The van der Waals surface area contributed by atoms with Crippen molar-refractivity contribution < 1.29 is 8.60 Å². The van der Waals surface area contributed by atoms with Gasteiger partial charge in [-0.15, -0.1) is 0 Å². The van der Waals surface area contributed by atoms with E-state index in [4.69, 9.17) is 11.6 Å². The van der Waals surface area contributed by atoms with Crippen molar-refractivity contribution in [3.8, 4) is 0 Å². The average Bonchev–Trinajstić information content (AvgIpc) is 2.80. The van der Waals surface area contributed by atoms with Crippen molar-refractivity contribution in [3.63, 3.8) is 0 Å². The topological polar surface area (TPSA) is 38.8 Å². The number of benzene rings is 3. The van der Waals surface area contributed by atoms with Gasteiger partial charge in [0.05, 0.1) is 22.0 Å². The van der Waals surface area contributed by atoms with Crippen LogP contribution in [-0.2, 0) is 11.0 Å². The van der Waals surface area contributed by atoms with Crippen LogP contribution in [0.3, 0.4) is 0 Å². The molecule has 0 aromatic heterocycles. The number of hydrogen-bond acceptors (Lipinski definition) is 4. The highest BCUT2D eigenvalue weighted by Gasteiger charge is 2.21. The maximum absolute atomic E-state index is 14.3. The lowest BCUT2D eigenvalue weighted by atomic mass is 10.2. The lowest BCUT2D eigenvalue weighted by Crippen LogP contribution is -2.47. The third kappa shape index (κ3) is 5.06. The molecule has 1 saturated heterocycles. The van der Waals surface area contributed by atoms with Crippen LogP contribution in [-0.4, -0.2) is 48.8 Å². The lowest BCUT2D eigenvalue weighted by molar-refractivity contribution is 0.598. The zero-order valence-corrected chi connectivity index (χ0v) is 19.7. The lowest BCUT2D eigenvalue weighted by Gasteiger charge is -2.38. The zero-order chi connectivity index (χ0) is 22.7. The molecule has 0 saturated carbocycles. The molecular weight excluding hydrogens is 447 g/mol. The average molecular weight is 473 g/mol. The van der Waals surface area contributed by atoms with Crippen LogP contribution >= 0.6 is 11.6 Å². The van der Waals surface area contributed by atoms with Crippen LogP contribution in [0, 0.1) is 5.82 Å². The number of hydrogen-bond donors (Lipinski definition) is 1. The molecule has 1 atom stereocenters. The van der Waals surface area contributed by atoms with Crippen LogP contribution in [0.2, 0.25) is 5.02 Å². The zero-order valence-electron chi connectivity index (χ0n) is 18.1. The van der Waals surface area contributed by atoms with E-state index in [1.807, 2.05) is 42.5 Å². The highest BCUT2D eigenvalue weighted by molar-refractivity contribution is 7.82. The largest absolute Gasteiger partial charge is 0.366 e. The Kier molecular flexibility index (Phi) is 6.98. The molecule has 1 heterocycles. The molecule has 0 bridgehead atoms. The van der Waals surface area contributed by atoms with E-state index in [1.54, 1.807) is 30.5 Å². The monoisotopic (exact) mass is 472 g/mol. The third-order valence-electron chi connectivity index (χ3n) is 5.44. The van der Waals surface area contributed by atoms with Crippen LogP contribution in [0.15, 0.2) is 71.6 Å². The second-order valence-electron chi connectivity index (χ2n) is 7.80. The van der Waals surface area contributed by atoms with Gasteiger partial charge in [-0.2, -0.15) is 0 Å². The second-order valence-corrected chi connectivity index (χ2v) is 9.93. The fraction of sp³-hybridized carbons (Fsp3) is 0.250. The van der Waals surface area contributed by atoms with E-state index >= 15 is 0 Å². The van der Waals surface area contributed by atoms with Gasteiger partial charge in [-0.3, -0.25) is 0 Å². The molecular formula is C24H26ClFN4OS. The Morgan fingerprint density at radius 3 is 2.16 bits per heavy atom. The summed E-state index contributed by atoms with van der Waals surface area (Å²) >= 11 is 5.89. The number of para-hydroxylation sites is 2. The van der Waals surface area contributed by atoms with E-state index in [2.05, 4.69) is 21.2 Å². The van der Waals surface area contributed by atoms with Crippen LogP contribution in [0.4, 0.5) is 27.1 Å². The third-order valence-corrected chi connectivity index (χ3v) is 7.02. The first-order valence-corrected chi connectivity index (χ1v) is 11.9. The van der Waals surface area contributed by atoms with Gasteiger partial charge in [-0.25, -0.2) is 12.9 Å². The SMILES string of the molecule is CN(C)S(=O)c1ccc(Nc2ccccc2N2CCN(c3ccc(Cl)cc3F)CC2)cc1. The van der Waals surface area contributed by atoms with Gasteiger partial charge in [0.1, 0.15) is 16.8 Å². The summed E-state index contributed by atoms with van der Waals surface area (Å²) in [4.78, 5) is 5.13. The summed E-state index contributed by atoms with van der Waals surface area (Å²) in [6.07, 6.45) is 0. The van der Waals surface area contributed by atoms with Gasteiger partial charge in [0.15, 0.2) is 0 Å². The summed E-state index contributed by atoms with van der Waals surface area (Å²) in [6, 6.07) is 20.6. The number of piperazine rings is 1. The van der Waals surface area contributed by atoms with Crippen molar-refractivity contribution in [2.75, 3.05) is 55.4 Å². The molecule has 3 aromatic rings. The molecule has 3 aromatic carbocycles. The maximum atomic E-state index is 14.3. The Morgan fingerprint density at radius 1 is 0.906 bits per heavy atom. The van der Waals surface area contributed by atoms with Gasteiger partial charge in [-0.1, -0.05) is 23.7 Å². The van der Waals surface area contributed by atoms with Crippen molar-refractivity contribution in [2.24, 2.45) is 0 Å². The van der Waals surface area contributed by atoms with Crippen LogP contribution in [0.25, 0.3) is 0 Å². The summed E-state index contributed by atoms with van der Waals surface area (Å²) in [7, 11) is 2.42. The smallest absolute Gasteiger partial charge is 0.147 e. The van der Waals surface area contributed by atoms with Gasteiger partial charge in [0.2, 0.25) is 0 Å². The molecule has 8 heteroatoms. The van der Waals surface area contributed by atoms with E-state index in [-0.39, 0.29) is 5.82 Å². The van der Waals surface area contributed by atoms with Gasteiger partial charge in [0, 0.05) is 36.9 Å². The van der Waals surface area contributed by atoms with E-state index < -0.39 is 11.0 Å². The van der Waals surface area contributed by atoms with E-state index in [1.165, 1.54) is 6.07 Å². The molecule has 1 aliphatic rings. The standard InChI is InChI=1S/C24H26ClFN4OS/c1-28(2)32(31)20-10-8-19(9-11-20)27-22-5-3-4-6-24(22)30-15-13-29(14-16-30)23-12-7-18(25)17-21(23)26/h3-12,17,27H,13-16H2,1-2H3. The molecule has 1 fully saturated rings. The second kappa shape index (κ2) is 9.90. The van der Waals surface area contributed by atoms with Crippen molar-refractivity contribution in [2.45, 2.75) is 4.90 Å². The molecule has 1 aliphatic heterocycles. The predicted octanol–water partition coefficient (Wildman–Crippen LogP) is 5.13. The molecule has 32 heavy (non-hydrogen) atoms.